The van der Waals surface area contributed by atoms with Gasteiger partial charge in [0.2, 0.25) is 0 Å². The molecule has 3 heteroatoms. The number of hydrogen-bond donors (Lipinski definition) is 1. The topological polar surface area (TPSA) is 46.5 Å². The third-order valence-corrected chi connectivity index (χ3v) is 3.72. The van der Waals surface area contributed by atoms with E-state index in [4.69, 9.17) is 9.84 Å². The number of carbonyl (C=O) groups is 1. The van der Waals surface area contributed by atoms with Crippen LogP contribution in [0.15, 0.2) is 18.2 Å². The summed E-state index contributed by atoms with van der Waals surface area (Å²) in [5.74, 6) is 0.978. The smallest absolute Gasteiger partial charge is 0.449 e. The van der Waals surface area contributed by atoms with E-state index in [1.165, 1.54) is 24.8 Å². The van der Waals surface area contributed by atoms with Crippen molar-refractivity contribution in [3.8, 4) is 5.75 Å². The minimum Gasteiger partial charge on any atom is -0.449 e. The van der Waals surface area contributed by atoms with E-state index in [2.05, 4.69) is 13.0 Å². The molecule has 18 heavy (non-hydrogen) atoms. The van der Waals surface area contributed by atoms with Gasteiger partial charge in [-0.25, -0.2) is 4.79 Å². The minimum absolute atomic E-state index is 0.458. The highest BCUT2D eigenvalue weighted by atomic mass is 16.7. The van der Waals surface area contributed by atoms with Gasteiger partial charge in [0.05, 0.1) is 0 Å². The zero-order chi connectivity index (χ0) is 13.0. The Labute approximate surface area is 108 Å². The van der Waals surface area contributed by atoms with E-state index >= 15 is 0 Å². The number of hydrogen-bond acceptors (Lipinski definition) is 2. The molecule has 1 saturated carbocycles. The lowest BCUT2D eigenvalue weighted by Crippen LogP contribution is -2.10. The van der Waals surface area contributed by atoms with Gasteiger partial charge < -0.3 is 9.84 Å². The lowest BCUT2D eigenvalue weighted by molar-refractivity contribution is 0.143. The summed E-state index contributed by atoms with van der Waals surface area (Å²) in [5, 5.41) is 8.79. The van der Waals surface area contributed by atoms with Gasteiger partial charge in [-0.15, -0.1) is 0 Å². The van der Waals surface area contributed by atoms with E-state index in [1.54, 1.807) is 6.07 Å². The molecule has 0 heterocycles. The van der Waals surface area contributed by atoms with E-state index in [1.807, 2.05) is 6.07 Å². The molecule has 1 aromatic rings. The Morgan fingerprint density at radius 2 is 2.06 bits per heavy atom. The van der Waals surface area contributed by atoms with Crippen LogP contribution in [0.25, 0.3) is 0 Å². The van der Waals surface area contributed by atoms with Crippen molar-refractivity contribution in [2.45, 2.75) is 51.4 Å². The van der Waals surface area contributed by atoms with Crippen LogP contribution < -0.4 is 4.74 Å². The molecule has 0 amide bonds. The third-order valence-electron chi connectivity index (χ3n) is 3.72. The Balaban J connectivity index is 2.30. The largest absolute Gasteiger partial charge is 0.511 e. The van der Waals surface area contributed by atoms with E-state index in [9.17, 15) is 4.79 Å². The minimum atomic E-state index is -1.23. The van der Waals surface area contributed by atoms with Crippen LogP contribution in [0.4, 0.5) is 4.79 Å². The standard InChI is InChI=1S/C15H20O3/c1-2-11-8-9-14(18-15(16)17)13(10-11)12-6-4-3-5-7-12/h8-10,12H,2-7H2,1H3,(H,16,17). The molecule has 1 fully saturated rings. The number of carboxylic acid groups (broad SMARTS) is 1. The summed E-state index contributed by atoms with van der Waals surface area (Å²) in [6.45, 7) is 2.11. The van der Waals surface area contributed by atoms with Crippen molar-refractivity contribution >= 4 is 6.16 Å². The second-order valence-corrected chi connectivity index (χ2v) is 4.93. The van der Waals surface area contributed by atoms with Gasteiger partial charge in [0.25, 0.3) is 0 Å². The summed E-state index contributed by atoms with van der Waals surface area (Å²) in [5.41, 5.74) is 2.32. The molecule has 0 bridgehead atoms. The zero-order valence-corrected chi connectivity index (χ0v) is 10.8. The first-order valence-corrected chi connectivity index (χ1v) is 6.74. The van der Waals surface area contributed by atoms with Gasteiger partial charge in [0.15, 0.2) is 0 Å². The number of benzene rings is 1. The van der Waals surface area contributed by atoms with Crippen molar-refractivity contribution in [3.63, 3.8) is 0 Å². The van der Waals surface area contributed by atoms with Crippen LogP contribution in [-0.2, 0) is 6.42 Å². The zero-order valence-electron chi connectivity index (χ0n) is 10.8. The summed E-state index contributed by atoms with van der Waals surface area (Å²) in [7, 11) is 0. The average Bonchev–Trinajstić information content (AvgIpc) is 2.39. The lowest BCUT2D eigenvalue weighted by Gasteiger charge is -2.24. The van der Waals surface area contributed by atoms with Gasteiger partial charge in [-0.2, -0.15) is 0 Å². The first kappa shape index (κ1) is 12.9. The monoisotopic (exact) mass is 248 g/mol. The molecule has 0 unspecified atom stereocenters. The van der Waals surface area contributed by atoms with Crippen molar-refractivity contribution in [1.82, 2.24) is 0 Å². The molecule has 1 N–H and O–H groups in total. The number of rotatable bonds is 3. The van der Waals surface area contributed by atoms with Crippen LogP contribution in [-0.4, -0.2) is 11.3 Å². The van der Waals surface area contributed by atoms with Crippen LogP contribution >= 0.6 is 0 Å². The molecule has 0 atom stereocenters. The van der Waals surface area contributed by atoms with Gasteiger partial charge >= 0.3 is 6.16 Å². The molecule has 0 saturated heterocycles. The summed E-state index contributed by atoms with van der Waals surface area (Å²) in [4.78, 5) is 10.7. The SMILES string of the molecule is CCc1ccc(OC(=O)O)c(C2CCCCC2)c1. The van der Waals surface area contributed by atoms with Gasteiger partial charge in [0.1, 0.15) is 5.75 Å². The first-order chi connectivity index (χ1) is 8.70. The maximum absolute atomic E-state index is 10.7. The van der Waals surface area contributed by atoms with Crippen LogP contribution in [0.3, 0.4) is 0 Å². The van der Waals surface area contributed by atoms with Crippen molar-refractivity contribution in [2.24, 2.45) is 0 Å². The molecule has 2 rings (SSSR count). The summed E-state index contributed by atoms with van der Waals surface area (Å²) in [6, 6.07) is 5.87. The molecule has 0 spiro atoms. The predicted molar refractivity (Wildman–Crippen MR) is 70.3 cm³/mol. The highest BCUT2D eigenvalue weighted by molar-refractivity contribution is 5.62. The van der Waals surface area contributed by atoms with E-state index in [-0.39, 0.29) is 0 Å². The lowest BCUT2D eigenvalue weighted by atomic mass is 9.83. The highest BCUT2D eigenvalue weighted by Gasteiger charge is 2.20. The van der Waals surface area contributed by atoms with E-state index in [0.29, 0.717) is 11.7 Å². The average molecular weight is 248 g/mol. The molecular formula is C15H20O3. The molecule has 1 aromatic carbocycles. The van der Waals surface area contributed by atoms with E-state index in [0.717, 1.165) is 24.8 Å². The second kappa shape index (κ2) is 5.89. The van der Waals surface area contributed by atoms with Crippen molar-refractivity contribution in [3.05, 3.63) is 29.3 Å². The first-order valence-electron chi connectivity index (χ1n) is 6.74. The van der Waals surface area contributed by atoms with Gasteiger partial charge in [0, 0.05) is 0 Å². The summed E-state index contributed by atoms with van der Waals surface area (Å²) < 4.78 is 4.91. The molecule has 1 aliphatic carbocycles. The predicted octanol–water partition coefficient (Wildman–Crippen LogP) is 4.35. The molecule has 1 aliphatic rings. The van der Waals surface area contributed by atoms with E-state index < -0.39 is 6.16 Å². The summed E-state index contributed by atoms with van der Waals surface area (Å²) in [6.07, 6.45) is 5.77. The maximum atomic E-state index is 10.7. The Morgan fingerprint density at radius 1 is 1.33 bits per heavy atom. The molecule has 3 nitrogen and oxygen atoms in total. The maximum Gasteiger partial charge on any atom is 0.511 e. The van der Waals surface area contributed by atoms with Crippen LogP contribution in [0.5, 0.6) is 5.75 Å². The molecule has 0 aliphatic heterocycles. The Kier molecular flexibility index (Phi) is 4.24. The van der Waals surface area contributed by atoms with Crippen molar-refractivity contribution in [1.29, 1.82) is 0 Å². The fraction of sp³-hybridized carbons (Fsp3) is 0.533. The fourth-order valence-corrected chi connectivity index (χ4v) is 2.74. The Bertz CT molecular complexity index is 420. The molecule has 0 aromatic heterocycles. The third kappa shape index (κ3) is 3.03. The van der Waals surface area contributed by atoms with Crippen LogP contribution in [0, 0.1) is 0 Å². The normalized spacial score (nSPS) is 16.5. The highest BCUT2D eigenvalue weighted by Crippen LogP contribution is 2.38. The van der Waals surface area contributed by atoms with Gasteiger partial charge in [-0.1, -0.05) is 38.3 Å². The Morgan fingerprint density at radius 3 is 2.67 bits per heavy atom. The quantitative estimate of drug-likeness (QED) is 0.638. The van der Waals surface area contributed by atoms with Crippen LogP contribution in [0.2, 0.25) is 0 Å². The number of ether oxygens (including phenoxy) is 1. The molecule has 98 valence electrons. The van der Waals surface area contributed by atoms with Crippen molar-refractivity contribution in [2.75, 3.05) is 0 Å². The number of aryl methyl sites for hydroxylation is 1. The fourth-order valence-electron chi connectivity index (χ4n) is 2.74. The van der Waals surface area contributed by atoms with Gasteiger partial charge in [-0.05, 0) is 42.4 Å². The molecule has 0 radical (unpaired) electrons. The van der Waals surface area contributed by atoms with Gasteiger partial charge in [-0.3, -0.25) is 0 Å². The van der Waals surface area contributed by atoms with Crippen LogP contribution in [0.1, 0.15) is 56.1 Å². The summed E-state index contributed by atoms with van der Waals surface area (Å²) >= 11 is 0. The second-order valence-electron chi connectivity index (χ2n) is 4.93. The molecular weight excluding hydrogens is 228 g/mol. The van der Waals surface area contributed by atoms with Crippen molar-refractivity contribution < 1.29 is 14.6 Å². The Hall–Kier alpha value is -1.51.